The Morgan fingerprint density at radius 3 is 2.72 bits per heavy atom. The molecule has 1 aromatic carbocycles. The van der Waals surface area contributed by atoms with Crippen LogP contribution in [0.25, 0.3) is 11.5 Å². The lowest BCUT2D eigenvalue weighted by Gasteiger charge is -2.07. The van der Waals surface area contributed by atoms with Gasteiger partial charge in [0.15, 0.2) is 6.61 Å². The Bertz CT molecular complexity index is 914. The first-order valence-corrected chi connectivity index (χ1v) is 8.02. The molecule has 3 rings (SSSR count). The molecule has 0 atom stereocenters. The number of rotatable bonds is 4. The highest BCUT2D eigenvalue weighted by molar-refractivity contribution is 6.32. The van der Waals surface area contributed by atoms with Crippen molar-refractivity contribution in [3.8, 4) is 11.5 Å². The smallest absolute Gasteiger partial charge is 0.342 e. The molecule has 2 heterocycles. The summed E-state index contributed by atoms with van der Waals surface area (Å²) in [6, 6.07) is 9.46. The zero-order chi connectivity index (χ0) is 18.0. The van der Waals surface area contributed by atoms with Gasteiger partial charge in [0.2, 0.25) is 5.89 Å². The summed E-state index contributed by atoms with van der Waals surface area (Å²) in [7, 11) is 0. The summed E-state index contributed by atoms with van der Waals surface area (Å²) >= 11 is 6.05. The molecule has 0 unspecified atom stereocenters. The van der Waals surface area contributed by atoms with Gasteiger partial charge < -0.3 is 9.15 Å². The van der Waals surface area contributed by atoms with Crippen molar-refractivity contribution >= 4 is 17.6 Å². The maximum atomic E-state index is 12.3. The van der Waals surface area contributed by atoms with E-state index >= 15 is 0 Å². The third kappa shape index (κ3) is 3.85. The maximum Gasteiger partial charge on any atom is 0.342 e. The standard InChI is InChI=1S/C18H16ClN3O3/c1-10-5-4-6-13(7-10)17-22-21-14(25-17)9-24-18(23)15-11(2)8-12(3)20-16(15)19/h4-8H,9H2,1-3H3. The molecule has 0 aliphatic heterocycles. The predicted molar refractivity (Wildman–Crippen MR) is 92.3 cm³/mol. The molecule has 3 aromatic rings. The number of carbonyl (C=O) groups is 1. The number of nitrogens with zero attached hydrogens (tertiary/aromatic N) is 3. The van der Waals surface area contributed by atoms with Gasteiger partial charge in [-0.25, -0.2) is 9.78 Å². The molecule has 2 aromatic heterocycles. The van der Waals surface area contributed by atoms with E-state index in [9.17, 15) is 4.79 Å². The number of hydrogen-bond donors (Lipinski definition) is 0. The molecule has 0 spiro atoms. The molecule has 0 aliphatic rings. The van der Waals surface area contributed by atoms with Crippen molar-refractivity contribution in [3.05, 3.63) is 63.8 Å². The van der Waals surface area contributed by atoms with Gasteiger partial charge in [0.25, 0.3) is 5.89 Å². The van der Waals surface area contributed by atoms with Crippen LogP contribution in [-0.4, -0.2) is 21.2 Å². The number of ether oxygens (including phenoxy) is 1. The van der Waals surface area contributed by atoms with Gasteiger partial charge in [-0.05, 0) is 44.5 Å². The van der Waals surface area contributed by atoms with Crippen LogP contribution in [0.4, 0.5) is 0 Å². The van der Waals surface area contributed by atoms with E-state index in [-0.39, 0.29) is 23.2 Å². The van der Waals surface area contributed by atoms with E-state index in [1.54, 1.807) is 19.9 Å². The van der Waals surface area contributed by atoms with E-state index < -0.39 is 5.97 Å². The van der Waals surface area contributed by atoms with Gasteiger partial charge in [-0.3, -0.25) is 0 Å². The fraction of sp³-hybridized carbons (Fsp3) is 0.222. The lowest BCUT2D eigenvalue weighted by molar-refractivity contribution is 0.0437. The highest BCUT2D eigenvalue weighted by Gasteiger charge is 2.18. The van der Waals surface area contributed by atoms with E-state index in [0.717, 1.165) is 16.8 Å². The lowest BCUT2D eigenvalue weighted by atomic mass is 10.1. The van der Waals surface area contributed by atoms with E-state index in [4.69, 9.17) is 20.8 Å². The minimum atomic E-state index is -0.578. The van der Waals surface area contributed by atoms with Crippen LogP contribution in [0.15, 0.2) is 34.7 Å². The second-order valence-electron chi connectivity index (χ2n) is 5.69. The monoisotopic (exact) mass is 357 g/mol. The number of hydrogen-bond acceptors (Lipinski definition) is 6. The molecular weight excluding hydrogens is 342 g/mol. The quantitative estimate of drug-likeness (QED) is 0.517. The number of halogens is 1. The summed E-state index contributed by atoms with van der Waals surface area (Å²) in [5.74, 6) is 0.00460. The molecule has 0 fully saturated rings. The number of carbonyl (C=O) groups excluding carboxylic acids is 1. The van der Waals surface area contributed by atoms with Crippen molar-refractivity contribution in [1.29, 1.82) is 0 Å². The largest absolute Gasteiger partial charge is 0.452 e. The predicted octanol–water partition coefficient (Wildman–Crippen LogP) is 4.07. The van der Waals surface area contributed by atoms with Crippen LogP contribution < -0.4 is 0 Å². The molecule has 128 valence electrons. The van der Waals surface area contributed by atoms with Crippen LogP contribution in [0.1, 0.15) is 33.1 Å². The van der Waals surface area contributed by atoms with Gasteiger partial charge in [-0.1, -0.05) is 29.3 Å². The van der Waals surface area contributed by atoms with Crippen LogP contribution in [0.3, 0.4) is 0 Å². The first kappa shape index (κ1) is 17.1. The minimum Gasteiger partial charge on any atom is -0.452 e. The molecule has 0 bridgehead atoms. The fourth-order valence-electron chi connectivity index (χ4n) is 2.44. The zero-order valence-electron chi connectivity index (χ0n) is 14.0. The van der Waals surface area contributed by atoms with Gasteiger partial charge in [0.1, 0.15) is 5.15 Å². The summed E-state index contributed by atoms with van der Waals surface area (Å²) in [6.07, 6.45) is 0. The Kier molecular flexibility index (Phi) is 4.81. The number of aryl methyl sites for hydroxylation is 3. The van der Waals surface area contributed by atoms with Crippen LogP contribution in [0.5, 0.6) is 0 Å². The summed E-state index contributed by atoms with van der Waals surface area (Å²) in [5.41, 5.74) is 3.57. The lowest BCUT2D eigenvalue weighted by Crippen LogP contribution is -2.09. The van der Waals surface area contributed by atoms with Crippen LogP contribution >= 0.6 is 11.6 Å². The number of aromatic nitrogens is 3. The van der Waals surface area contributed by atoms with Crippen molar-refractivity contribution in [2.45, 2.75) is 27.4 Å². The first-order chi connectivity index (χ1) is 11.9. The molecule has 0 amide bonds. The van der Waals surface area contributed by atoms with Crippen molar-refractivity contribution in [1.82, 2.24) is 15.2 Å². The minimum absolute atomic E-state index is 0.119. The van der Waals surface area contributed by atoms with Crippen molar-refractivity contribution in [3.63, 3.8) is 0 Å². The number of benzene rings is 1. The van der Waals surface area contributed by atoms with Crippen LogP contribution in [0, 0.1) is 20.8 Å². The zero-order valence-corrected chi connectivity index (χ0v) is 14.8. The van der Waals surface area contributed by atoms with Crippen LogP contribution in [0.2, 0.25) is 5.15 Å². The average Bonchev–Trinajstić information content (AvgIpc) is 3.01. The summed E-state index contributed by atoms with van der Waals surface area (Å²) in [4.78, 5) is 16.3. The number of esters is 1. The topological polar surface area (TPSA) is 78.1 Å². The average molecular weight is 358 g/mol. The first-order valence-electron chi connectivity index (χ1n) is 7.64. The SMILES string of the molecule is Cc1cccc(-c2nnc(COC(=O)c3c(C)cc(C)nc3Cl)o2)c1. The van der Waals surface area contributed by atoms with E-state index in [0.29, 0.717) is 11.5 Å². The van der Waals surface area contributed by atoms with Gasteiger partial charge in [-0.15, -0.1) is 10.2 Å². The molecule has 0 saturated carbocycles. The van der Waals surface area contributed by atoms with Gasteiger partial charge in [0, 0.05) is 11.3 Å². The Morgan fingerprint density at radius 2 is 2.00 bits per heavy atom. The summed E-state index contributed by atoms with van der Waals surface area (Å²) < 4.78 is 10.8. The Morgan fingerprint density at radius 1 is 1.20 bits per heavy atom. The normalized spacial score (nSPS) is 10.7. The van der Waals surface area contributed by atoms with E-state index in [1.807, 2.05) is 31.2 Å². The van der Waals surface area contributed by atoms with Gasteiger partial charge in [0.05, 0.1) is 5.56 Å². The maximum absolute atomic E-state index is 12.3. The Labute approximate surface area is 149 Å². The van der Waals surface area contributed by atoms with Gasteiger partial charge in [-0.2, -0.15) is 0 Å². The summed E-state index contributed by atoms with van der Waals surface area (Å²) in [5, 5.41) is 8.00. The van der Waals surface area contributed by atoms with E-state index in [1.165, 1.54) is 0 Å². The number of pyridine rings is 1. The second-order valence-corrected chi connectivity index (χ2v) is 6.05. The third-order valence-corrected chi connectivity index (χ3v) is 3.84. The Balaban J connectivity index is 1.71. The third-order valence-electron chi connectivity index (χ3n) is 3.56. The van der Waals surface area contributed by atoms with Gasteiger partial charge >= 0.3 is 5.97 Å². The highest BCUT2D eigenvalue weighted by Crippen LogP contribution is 2.21. The van der Waals surface area contributed by atoms with Crippen molar-refractivity contribution in [2.75, 3.05) is 0 Å². The molecule has 0 N–H and O–H groups in total. The molecule has 25 heavy (non-hydrogen) atoms. The van der Waals surface area contributed by atoms with Crippen molar-refractivity contribution in [2.24, 2.45) is 0 Å². The fourth-order valence-corrected chi connectivity index (χ4v) is 2.80. The molecule has 6 nitrogen and oxygen atoms in total. The molecule has 0 saturated heterocycles. The van der Waals surface area contributed by atoms with E-state index in [2.05, 4.69) is 15.2 Å². The molecule has 0 aliphatic carbocycles. The second kappa shape index (κ2) is 7.03. The Hall–Kier alpha value is -2.73. The summed E-state index contributed by atoms with van der Waals surface area (Å²) in [6.45, 7) is 5.42. The van der Waals surface area contributed by atoms with Crippen LogP contribution in [-0.2, 0) is 11.3 Å². The molecular formula is C18H16ClN3O3. The molecule has 7 heteroatoms. The highest BCUT2D eigenvalue weighted by atomic mass is 35.5. The molecule has 0 radical (unpaired) electrons. The van der Waals surface area contributed by atoms with Crippen molar-refractivity contribution < 1.29 is 13.9 Å².